The number of thioether (sulfide) groups is 2. The number of carbonyl (C=O) groups excluding carboxylic acids is 1. The Morgan fingerprint density at radius 2 is 2.14 bits per heavy atom. The summed E-state index contributed by atoms with van der Waals surface area (Å²) < 4.78 is 1.88. The van der Waals surface area contributed by atoms with Crippen LogP contribution < -0.4 is 4.90 Å². The van der Waals surface area contributed by atoms with E-state index in [4.69, 9.17) is 0 Å². The Bertz CT molecular complexity index is 696. The summed E-state index contributed by atoms with van der Waals surface area (Å²) in [5, 5.41) is 8.18. The van der Waals surface area contributed by atoms with E-state index in [2.05, 4.69) is 16.4 Å². The lowest BCUT2D eigenvalue weighted by molar-refractivity contribution is -0.117. The summed E-state index contributed by atoms with van der Waals surface area (Å²) in [7, 11) is 0. The number of hydrogen-bond acceptors (Lipinski definition) is 5. The number of rotatable bonds is 1. The highest BCUT2D eigenvalue weighted by Gasteiger charge is 2.31. The van der Waals surface area contributed by atoms with Gasteiger partial charge in [-0.1, -0.05) is 23.4 Å². The number of hydrogen-bond donors (Lipinski definition) is 0. The van der Waals surface area contributed by atoms with E-state index in [0.717, 1.165) is 34.2 Å². The van der Waals surface area contributed by atoms with Crippen LogP contribution >= 0.6 is 23.5 Å². The fourth-order valence-electron chi connectivity index (χ4n) is 2.85. The van der Waals surface area contributed by atoms with Crippen LogP contribution in [0, 0.1) is 0 Å². The number of amides is 1. The Morgan fingerprint density at radius 1 is 1.23 bits per heavy atom. The second-order valence-corrected chi connectivity index (χ2v) is 7.83. The molecule has 0 saturated carbocycles. The molecule has 1 atom stereocenters. The lowest BCUT2D eigenvalue weighted by Gasteiger charge is -2.28. The molecule has 4 rings (SSSR count). The Kier molecular flexibility index (Phi) is 3.83. The minimum absolute atomic E-state index is 0.0502. The van der Waals surface area contributed by atoms with Crippen LogP contribution in [0.5, 0.6) is 0 Å². The van der Waals surface area contributed by atoms with Crippen molar-refractivity contribution < 1.29 is 4.79 Å². The molecule has 2 aliphatic heterocycles. The smallest absolute Gasteiger partial charge is 0.241 e. The Morgan fingerprint density at radius 3 is 3.00 bits per heavy atom. The quantitative estimate of drug-likeness (QED) is 0.800. The summed E-state index contributed by atoms with van der Waals surface area (Å²) in [6, 6.07) is 8.10. The molecule has 0 radical (unpaired) electrons. The third kappa shape index (κ3) is 2.52. The van der Waals surface area contributed by atoms with E-state index in [9.17, 15) is 4.79 Å². The summed E-state index contributed by atoms with van der Waals surface area (Å²) in [5.41, 5.74) is 3.11. The number of aromatic nitrogens is 3. The minimum atomic E-state index is 0.0502. The van der Waals surface area contributed by atoms with Gasteiger partial charge in [0.2, 0.25) is 5.91 Å². The van der Waals surface area contributed by atoms with E-state index >= 15 is 0 Å². The van der Waals surface area contributed by atoms with E-state index < -0.39 is 0 Å². The lowest BCUT2D eigenvalue weighted by Crippen LogP contribution is -2.40. The molecule has 0 aliphatic carbocycles. The van der Waals surface area contributed by atoms with Gasteiger partial charge in [0.1, 0.15) is 0 Å². The van der Waals surface area contributed by atoms with Crippen molar-refractivity contribution in [1.29, 1.82) is 0 Å². The monoisotopic (exact) mass is 332 g/mol. The number of anilines is 1. The van der Waals surface area contributed by atoms with Gasteiger partial charge in [0.05, 0.1) is 30.2 Å². The first-order chi connectivity index (χ1) is 10.8. The molecule has 0 bridgehead atoms. The minimum Gasteiger partial charge on any atom is -0.305 e. The highest BCUT2D eigenvalue weighted by molar-refractivity contribution is 8.07. The molecule has 0 N–H and O–H groups in total. The van der Waals surface area contributed by atoms with Crippen LogP contribution in [0.1, 0.15) is 11.3 Å². The Hall–Kier alpha value is -1.47. The summed E-state index contributed by atoms with van der Waals surface area (Å²) in [6.45, 7) is 1.21. The van der Waals surface area contributed by atoms with Crippen molar-refractivity contribution in [2.24, 2.45) is 0 Å². The topological polar surface area (TPSA) is 51.0 Å². The molecule has 2 aliphatic rings. The molecular weight excluding hydrogens is 316 g/mol. The second kappa shape index (κ2) is 5.96. The van der Waals surface area contributed by atoms with E-state index in [1.165, 1.54) is 0 Å². The molecule has 3 heterocycles. The van der Waals surface area contributed by atoms with Crippen LogP contribution in [0.25, 0.3) is 0 Å². The number of nitrogens with zero attached hydrogens (tertiary/aromatic N) is 4. The molecule has 7 heteroatoms. The van der Waals surface area contributed by atoms with Gasteiger partial charge < -0.3 is 4.90 Å². The van der Waals surface area contributed by atoms with Crippen molar-refractivity contribution in [3.05, 3.63) is 41.7 Å². The van der Waals surface area contributed by atoms with Gasteiger partial charge in [-0.2, -0.15) is 11.8 Å². The van der Waals surface area contributed by atoms with Gasteiger partial charge in [0.25, 0.3) is 0 Å². The SMILES string of the molecule is O=C([C@H]1CSCCS1)N1Cc2cnnn2Cc2ccccc21. The zero-order valence-electron chi connectivity index (χ0n) is 12.0. The van der Waals surface area contributed by atoms with E-state index in [1.54, 1.807) is 18.0 Å². The number of para-hydroxylation sites is 1. The molecule has 22 heavy (non-hydrogen) atoms. The molecule has 0 unspecified atom stereocenters. The van der Waals surface area contributed by atoms with Crippen LogP contribution in [0.4, 0.5) is 5.69 Å². The molecule has 1 saturated heterocycles. The third-order valence-corrected chi connectivity index (χ3v) is 6.72. The first kappa shape index (κ1) is 14.1. The highest BCUT2D eigenvalue weighted by Crippen LogP contribution is 2.31. The lowest BCUT2D eigenvalue weighted by atomic mass is 10.1. The molecule has 2 aromatic rings. The predicted octanol–water partition coefficient (Wildman–Crippen LogP) is 2.02. The van der Waals surface area contributed by atoms with Crippen molar-refractivity contribution in [2.75, 3.05) is 22.2 Å². The first-order valence-corrected chi connectivity index (χ1v) is 9.49. The summed E-state index contributed by atoms with van der Waals surface area (Å²) >= 11 is 3.65. The fourth-order valence-corrected chi connectivity index (χ4v) is 5.46. The molecule has 1 amide bonds. The van der Waals surface area contributed by atoms with E-state index in [1.807, 2.05) is 39.5 Å². The van der Waals surface area contributed by atoms with Gasteiger partial charge in [-0.05, 0) is 11.6 Å². The molecule has 5 nitrogen and oxygen atoms in total. The highest BCUT2D eigenvalue weighted by atomic mass is 32.2. The maximum absolute atomic E-state index is 13.0. The molecule has 114 valence electrons. The summed E-state index contributed by atoms with van der Waals surface area (Å²) in [5.74, 6) is 3.30. The summed E-state index contributed by atoms with van der Waals surface area (Å²) in [6.07, 6.45) is 1.76. The molecule has 1 fully saturated rings. The first-order valence-electron chi connectivity index (χ1n) is 7.29. The third-order valence-electron chi connectivity index (χ3n) is 3.98. The maximum Gasteiger partial charge on any atom is 0.241 e. The van der Waals surface area contributed by atoms with Crippen molar-refractivity contribution in [1.82, 2.24) is 15.0 Å². The maximum atomic E-state index is 13.0. The van der Waals surface area contributed by atoms with Gasteiger partial charge in [-0.3, -0.25) is 4.79 Å². The Labute approximate surface area is 137 Å². The molecule has 1 aromatic heterocycles. The van der Waals surface area contributed by atoms with Crippen molar-refractivity contribution >= 4 is 35.1 Å². The number of benzene rings is 1. The van der Waals surface area contributed by atoms with Crippen LogP contribution in [0.3, 0.4) is 0 Å². The standard InChI is InChI=1S/C15H16N4OS2/c20-15(14-10-21-5-6-22-14)18-9-12-7-16-17-19(12)8-11-3-1-2-4-13(11)18/h1-4,7,14H,5-6,8-10H2/t14-/m1/s1. The van der Waals surface area contributed by atoms with Gasteiger partial charge in [-0.25, -0.2) is 4.68 Å². The molecular formula is C15H16N4OS2. The average Bonchev–Trinajstić information content (AvgIpc) is 2.94. The fraction of sp³-hybridized carbons (Fsp3) is 0.400. The van der Waals surface area contributed by atoms with Crippen molar-refractivity contribution in [3.8, 4) is 0 Å². The normalized spacial score (nSPS) is 20.9. The van der Waals surface area contributed by atoms with Crippen LogP contribution in [-0.4, -0.2) is 43.4 Å². The Balaban J connectivity index is 1.72. The number of fused-ring (bicyclic) bond motifs is 2. The van der Waals surface area contributed by atoms with Crippen molar-refractivity contribution in [3.63, 3.8) is 0 Å². The van der Waals surface area contributed by atoms with Crippen LogP contribution in [-0.2, 0) is 17.9 Å². The van der Waals surface area contributed by atoms with Gasteiger partial charge in [0.15, 0.2) is 0 Å². The summed E-state index contributed by atoms with van der Waals surface area (Å²) in [4.78, 5) is 15.0. The second-order valence-electron chi connectivity index (χ2n) is 5.37. The van der Waals surface area contributed by atoms with E-state index in [0.29, 0.717) is 13.1 Å². The van der Waals surface area contributed by atoms with Crippen LogP contribution in [0.15, 0.2) is 30.5 Å². The van der Waals surface area contributed by atoms with Gasteiger partial charge in [-0.15, -0.1) is 16.9 Å². The zero-order chi connectivity index (χ0) is 14.9. The zero-order valence-corrected chi connectivity index (χ0v) is 13.6. The predicted molar refractivity (Wildman–Crippen MR) is 90.3 cm³/mol. The van der Waals surface area contributed by atoms with Crippen LogP contribution in [0.2, 0.25) is 0 Å². The van der Waals surface area contributed by atoms with Gasteiger partial charge >= 0.3 is 0 Å². The van der Waals surface area contributed by atoms with Crippen molar-refractivity contribution in [2.45, 2.75) is 18.3 Å². The molecule has 0 spiro atoms. The molecule has 1 aromatic carbocycles. The largest absolute Gasteiger partial charge is 0.305 e. The number of carbonyl (C=O) groups is 1. The van der Waals surface area contributed by atoms with Gasteiger partial charge in [0, 0.05) is 22.9 Å². The average molecular weight is 332 g/mol. The van der Waals surface area contributed by atoms with E-state index in [-0.39, 0.29) is 11.2 Å².